The average Bonchev–Trinajstić information content (AvgIpc) is 2.93. The molecule has 3 atom stereocenters. The molecule has 2 aliphatic carbocycles. The van der Waals surface area contributed by atoms with E-state index in [-0.39, 0.29) is 30.4 Å². The van der Waals surface area contributed by atoms with Crippen molar-refractivity contribution in [2.45, 2.75) is 50.6 Å². The fourth-order valence-corrected chi connectivity index (χ4v) is 3.98. The Morgan fingerprint density at radius 3 is 2.75 bits per heavy atom. The average molecular weight is 315 g/mol. The Labute approximate surface area is 130 Å². The number of halogens is 1. The molecule has 0 bridgehead atoms. The summed E-state index contributed by atoms with van der Waals surface area (Å²) in [4.78, 5) is 13.5. The Kier molecular flexibility index (Phi) is 5.47. The van der Waals surface area contributed by atoms with Crippen LogP contribution in [0.1, 0.15) is 49.4 Å². The summed E-state index contributed by atoms with van der Waals surface area (Å²) in [6.45, 7) is 0. The third-order valence-corrected chi connectivity index (χ3v) is 5.38. The van der Waals surface area contributed by atoms with Gasteiger partial charge in [0.05, 0.1) is 6.04 Å². The maximum atomic E-state index is 12.2. The summed E-state index contributed by atoms with van der Waals surface area (Å²) >= 11 is 1.75. The number of rotatable bonds is 5. The van der Waals surface area contributed by atoms with Crippen molar-refractivity contribution in [1.82, 2.24) is 5.32 Å². The molecule has 2 aliphatic rings. The van der Waals surface area contributed by atoms with Crippen molar-refractivity contribution in [2.24, 2.45) is 17.6 Å². The van der Waals surface area contributed by atoms with Crippen LogP contribution in [0.2, 0.25) is 0 Å². The number of nitrogens with one attached hydrogen (secondary N) is 1. The molecule has 112 valence electrons. The molecule has 0 aliphatic heterocycles. The summed E-state index contributed by atoms with van der Waals surface area (Å²) in [6, 6.07) is 4.67. The second-order valence-electron chi connectivity index (χ2n) is 5.96. The molecule has 5 heteroatoms. The molecule has 3 rings (SSSR count). The molecule has 1 heterocycles. The maximum Gasteiger partial charge on any atom is 0.220 e. The summed E-state index contributed by atoms with van der Waals surface area (Å²) in [5.41, 5.74) is 6.05. The van der Waals surface area contributed by atoms with Gasteiger partial charge in [-0.2, -0.15) is 0 Å². The standard InChI is InChI=1S/C15H22N2OS.ClH/c16-12-4-1-3-11(12)9-14(18)17-15(10-6-7-10)13-5-2-8-19-13;/h2,5,8,10-12,15H,1,3-4,6-7,9,16H2,(H,17,18);1H/t11-,12+,15?;/m0./s1. The zero-order chi connectivity index (χ0) is 13.2. The summed E-state index contributed by atoms with van der Waals surface area (Å²) in [6.07, 6.45) is 6.46. The first-order valence-corrected chi connectivity index (χ1v) is 8.20. The predicted octanol–water partition coefficient (Wildman–Crippen LogP) is 3.25. The van der Waals surface area contributed by atoms with Crippen LogP contribution in [0.3, 0.4) is 0 Å². The monoisotopic (exact) mass is 314 g/mol. The van der Waals surface area contributed by atoms with Gasteiger partial charge < -0.3 is 11.1 Å². The van der Waals surface area contributed by atoms with Crippen LogP contribution in [0.5, 0.6) is 0 Å². The van der Waals surface area contributed by atoms with Gasteiger partial charge in [0.25, 0.3) is 0 Å². The lowest BCUT2D eigenvalue weighted by molar-refractivity contribution is -0.123. The Hall–Kier alpha value is -0.580. The van der Waals surface area contributed by atoms with E-state index in [0.29, 0.717) is 18.3 Å². The highest BCUT2D eigenvalue weighted by Gasteiger charge is 2.35. The van der Waals surface area contributed by atoms with Crippen LogP contribution in [-0.4, -0.2) is 11.9 Å². The second kappa shape index (κ2) is 6.92. The third-order valence-electron chi connectivity index (χ3n) is 4.43. The van der Waals surface area contributed by atoms with Gasteiger partial charge in [0.2, 0.25) is 5.91 Å². The van der Waals surface area contributed by atoms with Gasteiger partial charge in [0.1, 0.15) is 0 Å². The molecule has 3 N–H and O–H groups in total. The first-order chi connectivity index (χ1) is 9.24. The van der Waals surface area contributed by atoms with Crippen LogP contribution in [0.25, 0.3) is 0 Å². The lowest BCUT2D eigenvalue weighted by Gasteiger charge is -2.20. The molecule has 2 saturated carbocycles. The minimum Gasteiger partial charge on any atom is -0.348 e. The van der Waals surface area contributed by atoms with E-state index in [2.05, 4.69) is 22.8 Å². The van der Waals surface area contributed by atoms with E-state index in [1.807, 2.05) is 0 Å². The van der Waals surface area contributed by atoms with Gasteiger partial charge in [0.15, 0.2) is 0 Å². The van der Waals surface area contributed by atoms with E-state index in [1.165, 1.54) is 24.1 Å². The molecule has 2 fully saturated rings. The molecule has 3 nitrogen and oxygen atoms in total. The van der Waals surface area contributed by atoms with E-state index >= 15 is 0 Å². The van der Waals surface area contributed by atoms with E-state index in [9.17, 15) is 4.79 Å². The zero-order valence-corrected chi connectivity index (χ0v) is 13.2. The molecular formula is C15H23ClN2OS. The number of hydrogen-bond acceptors (Lipinski definition) is 3. The van der Waals surface area contributed by atoms with E-state index < -0.39 is 0 Å². The minimum atomic E-state index is 0. The second-order valence-corrected chi connectivity index (χ2v) is 6.94. The molecular weight excluding hydrogens is 292 g/mol. The highest BCUT2D eigenvalue weighted by molar-refractivity contribution is 7.10. The minimum absolute atomic E-state index is 0. The number of nitrogens with two attached hydrogens (primary N) is 1. The quantitative estimate of drug-likeness (QED) is 0.876. The van der Waals surface area contributed by atoms with Crippen LogP contribution in [0, 0.1) is 11.8 Å². The van der Waals surface area contributed by atoms with E-state index in [1.54, 1.807) is 11.3 Å². The Morgan fingerprint density at radius 2 is 2.20 bits per heavy atom. The van der Waals surface area contributed by atoms with Crippen molar-refractivity contribution >= 4 is 29.7 Å². The van der Waals surface area contributed by atoms with Gasteiger partial charge in [-0.25, -0.2) is 0 Å². The van der Waals surface area contributed by atoms with Crippen molar-refractivity contribution in [3.8, 4) is 0 Å². The highest BCUT2D eigenvalue weighted by atomic mass is 35.5. The summed E-state index contributed by atoms with van der Waals surface area (Å²) < 4.78 is 0. The van der Waals surface area contributed by atoms with Gasteiger partial charge in [-0.15, -0.1) is 23.7 Å². The summed E-state index contributed by atoms with van der Waals surface area (Å²) in [5, 5.41) is 5.33. The lowest BCUT2D eigenvalue weighted by atomic mass is 9.99. The lowest BCUT2D eigenvalue weighted by Crippen LogP contribution is -2.34. The molecule has 1 aromatic heterocycles. The van der Waals surface area contributed by atoms with Crippen molar-refractivity contribution < 1.29 is 4.79 Å². The number of carbonyl (C=O) groups excluding carboxylic acids is 1. The summed E-state index contributed by atoms with van der Waals surface area (Å²) in [7, 11) is 0. The van der Waals surface area contributed by atoms with Crippen LogP contribution < -0.4 is 11.1 Å². The number of hydrogen-bond donors (Lipinski definition) is 2. The van der Waals surface area contributed by atoms with Crippen LogP contribution in [0.15, 0.2) is 17.5 Å². The highest BCUT2D eigenvalue weighted by Crippen LogP contribution is 2.42. The van der Waals surface area contributed by atoms with Crippen LogP contribution in [-0.2, 0) is 4.79 Å². The van der Waals surface area contributed by atoms with E-state index in [4.69, 9.17) is 5.73 Å². The van der Waals surface area contributed by atoms with Crippen LogP contribution in [0.4, 0.5) is 0 Å². The smallest absolute Gasteiger partial charge is 0.220 e. The predicted molar refractivity (Wildman–Crippen MR) is 85.1 cm³/mol. The largest absolute Gasteiger partial charge is 0.348 e. The van der Waals surface area contributed by atoms with Crippen molar-refractivity contribution in [3.05, 3.63) is 22.4 Å². The third kappa shape index (κ3) is 3.74. The number of carbonyl (C=O) groups is 1. The molecule has 20 heavy (non-hydrogen) atoms. The first-order valence-electron chi connectivity index (χ1n) is 7.32. The van der Waals surface area contributed by atoms with Gasteiger partial charge in [-0.1, -0.05) is 12.5 Å². The molecule has 0 radical (unpaired) electrons. The Balaban J connectivity index is 0.00000147. The van der Waals surface area contributed by atoms with Gasteiger partial charge >= 0.3 is 0 Å². The Morgan fingerprint density at radius 1 is 1.40 bits per heavy atom. The molecule has 1 unspecified atom stereocenters. The fraction of sp³-hybridized carbons (Fsp3) is 0.667. The Bertz CT molecular complexity index is 433. The van der Waals surface area contributed by atoms with Crippen LogP contribution >= 0.6 is 23.7 Å². The molecule has 1 aromatic rings. The molecule has 0 saturated heterocycles. The van der Waals surface area contributed by atoms with Gasteiger partial charge in [-0.05, 0) is 49.0 Å². The first kappa shape index (κ1) is 15.8. The molecule has 0 spiro atoms. The SMILES string of the molecule is Cl.N[C@@H]1CCC[C@H]1CC(=O)NC(c1cccs1)C1CC1. The van der Waals surface area contributed by atoms with Gasteiger partial charge in [0, 0.05) is 17.3 Å². The van der Waals surface area contributed by atoms with E-state index in [0.717, 1.165) is 12.8 Å². The zero-order valence-electron chi connectivity index (χ0n) is 11.6. The topological polar surface area (TPSA) is 55.1 Å². The van der Waals surface area contributed by atoms with Gasteiger partial charge in [-0.3, -0.25) is 4.79 Å². The molecule has 0 aromatic carbocycles. The normalized spacial score (nSPS) is 26.9. The number of thiophene rings is 1. The molecule has 1 amide bonds. The summed E-state index contributed by atoms with van der Waals surface area (Å²) in [5.74, 6) is 1.23. The fourth-order valence-electron chi connectivity index (χ4n) is 3.11. The maximum absolute atomic E-state index is 12.2. The van der Waals surface area contributed by atoms with Crippen molar-refractivity contribution in [1.29, 1.82) is 0 Å². The van der Waals surface area contributed by atoms with Crippen molar-refractivity contribution in [3.63, 3.8) is 0 Å². The number of amides is 1. The van der Waals surface area contributed by atoms with Crippen molar-refractivity contribution in [2.75, 3.05) is 0 Å².